The Morgan fingerprint density at radius 3 is 2.53 bits per heavy atom. The molecule has 0 amide bonds. The molecule has 19 heavy (non-hydrogen) atoms. The molecular weight excluding hydrogens is 274 g/mol. The second kappa shape index (κ2) is 3.92. The van der Waals surface area contributed by atoms with Gasteiger partial charge in [0.15, 0.2) is 0 Å². The quantitative estimate of drug-likeness (QED) is 0.657. The standard InChI is InChI=1S/C11H15NO6S/c1-4(13)18-9-5-3-6-8(9)12-19(15,16)10(6)7(5)11(14)17-2/h5-10,12H,3H2,1-2H3. The van der Waals surface area contributed by atoms with Crippen LogP contribution in [0, 0.1) is 17.8 Å². The number of ether oxygens (including phenoxy) is 2. The largest absolute Gasteiger partial charge is 0.469 e. The molecule has 0 spiro atoms. The molecule has 3 aliphatic rings. The molecule has 2 aliphatic carbocycles. The third kappa shape index (κ3) is 1.62. The number of esters is 2. The van der Waals surface area contributed by atoms with Crippen molar-refractivity contribution < 1.29 is 27.5 Å². The van der Waals surface area contributed by atoms with E-state index < -0.39 is 45.3 Å². The number of nitrogens with one attached hydrogen (secondary N) is 1. The molecule has 1 heterocycles. The summed E-state index contributed by atoms with van der Waals surface area (Å²) in [7, 11) is -2.31. The van der Waals surface area contributed by atoms with Crippen molar-refractivity contribution >= 4 is 22.0 Å². The Kier molecular flexibility index (Phi) is 2.66. The molecule has 1 aliphatic heterocycles. The highest BCUT2D eigenvalue weighted by Gasteiger charge is 2.70. The molecule has 0 aromatic rings. The molecule has 3 fully saturated rings. The fourth-order valence-electron chi connectivity index (χ4n) is 3.95. The highest BCUT2D eigenvalue weighted by atomic mass is 32.2. The summed E-state index contributed by atoms with van der Waals surface area (Å²) in [5, 5.41) is -0.748. The van der Waals surface area contributed by atoms with Gasteiger partial charge < -0.3 is 9.47 Å². The van der Waals surface area contributed by atoms with Crippen molar-refractivity contribution in [2.24, 2.45) is 17.8 Å². The van der Waals surface area contributed by atoms with E-state index in [0.29, 0.717) is 6.42 Å². The van der Waals surface area contributed by atoms with E-state index in [1.165, 1.54) is 14.0 Å². The molecule has 0 radical (unpaired) electrons. The Bertz CT molecular complexity index is 543. The van der Waals surface area contributed by atoms with Gasteiger partial charge in [0.1, 0.15) is 6.10 Å². The first-order chi connectivity index (χ1) is 8.86. The number of methoxy groups -OCH3 is 1. The maximum absolute atomic E-state index is 12.1. The lowest BCUT2D eigenvalue weighted by Gasteiger charge is -2.30. The predicted octanol–water partition coefficient (Wildman–Crippen LogP) is -0.973. The highest BCUT2D eigenvalue weighted by molar-refractivity contribution is 7.90. The van der Waals surface area contributed by atoms with Gasteiger partial charge in [-0.3, -0.25) is 9.59 Å². The Morgan fingerprint density at radius 2 is 1.95 bits per heavy atom. The van der Waals surface area contributed by atoms with Gasteiger partial charge >= 0.3 is 11.9 Å². The van der Waals surface area contributed by atoms with Crippen molar-refractivity contribution in [1.82, 2.24) is 4.72 Å². The number of carbonyl (C=O) groups excluding carboxylic acids is 2. The van der Waals surface area contributed by atoms with Gasteiger partial charge in [-0.05, 0) is 12.3 Å². The summed E-state index contributed by atoms with van der Waals surface area (Å²) in [6.45, 7) is 1.28. The van der Waals surface area contributed by atoms with Crippen LogP contribution in [0.2, 0.25) is 0 Å². The van der Waals surface area contributed by atoms with Crippen molar-refractivity contribution in [2.75, 3.05) is 7.11 Å². The van der Waals surface area contributed by atoms with Crippen LogP contribution in [-0.4, -0.2) is 44.9 Å². The minimum Gasteiger partial charge on any atom is -0.469 e. The number of carbonyl (C=O) groups is 2. The average molecular weight is 289 g/mol. The van der Waals surface area contributed by atoms with Crippen LogP contribution in [0.3, 0.4) is 0 Å². The summed E-state index contributed by atoms with van der Waals surface area (Å²) in [4.78, 5) is 23.0. The second-order valence-corrected chi connectivity index (χ2v) is 7.21. The first kappa shape index (κ1) is 12.9. The average Bonchev–Trinajstić information content (AvgIpc) is 2.89. The first-order valence-electron chi connectivity index (χ1n) is 6.13. The lowest BCUT2D eigenvalue weighted by molar-refractivity contribution is -0.157. The number of fused-ring (bicyclic) bond motifs is 1. The molecule has 1 saturated heterocycles. The molecule has 6 unspecified atom stereocenters. The van der Waals surface area contributed by atoms with Crippen LogP contribution in [0.25, 0.3) is 0 Å². The molecule has 1 N–H and O–H groups in total. The number of hydrogen-bond donors (Lipinski definition) is 1. The van der Waals surface area contributed by atoms with Crippen molar-refractivity contribution in [3.8, 4) is 0 Å². The fraction of sp³-hybridized carbons (Fsp3) is 0.818. The molecule has 8 heteroatoms. The third-order valence-electron chi connectivity index (χ3n) is 4.45. The van der Waals surface area contributed by atoms with Crippen molar-refractivity contribution in [2.45, 2.75) is 30.7 Å². The summed E-state index contributed by atoms with van der Waals surface area (Å²) in [6.07, 6.45) is -0.000602. The Morgan fingerprint density at radius 1 is 1.26 bits per heavy atom. The second-order valence-electron chi connectivity index (χ2n) is 5.34. The van der Waals surface area contributed by atoms with Gasteiger partial charge in [-0.15, -0.1) is 0 Å². The van der Waals surface area contributed by atoms with E-state index in [-0.39, 0.29) is 11.8 Å². The monoisotopic (exact) mass is 289 g/mol. The van der Waals surface area contributed by atoms with Crippen LogP contribution in [0.15, 0.2) is 0 Å². The minimum absolute atomic E-state index is 0.177. The Hall–Kier alpha value is -1.15. The SMILES string of the molecule is COC(=O)C1C2CC3C(NS(=O)(=O)C31)C2OC(C)=O. The summed E-state index contributed by atoms with van der Waals surface area (Å²) in [5.74, 6) is -2.20. The minimum atomic E-state index is -3.55. The number of rotatable bonds is 2. The zero-order valence-corrected chi connectivity index (χ0v) is 11.3. The molecule has 2 saturated carbocycles. The summed E-state index contributed by atoms with van der Waals surface area (Å²) < 4.78 is 36.6. The van der Waals surface area contributed by atoms with Crippen molar-refractivity contribution in [3.05, 3.63) is 0 Å². The van der Waals surface area contributed by atoms with Gasteiger partial charge in [0.25, 0.3) is 0 Å². The van der Waals surface area contributed by atoms with Gasteiger partial charge in [0, 0.05) is 12.8 Å². The van der Waals surface area contributed by atoms with Gasteiger partial charge in [0.2, 0.25) is 10.0 Å². The summed E-state index contributed by atoms with van der Waals surface area (Å²) in [5.41, 5.74) is 0. The van der Waals surface area contributed by atoms with E-state index in [1.54, 1.807) is 0 Å². The molecule has 0 aromatic heterocycles. The molecule has 2 bridgehead atoms. The predicted molar refractivity (Wildman–Crippen MR) is 62.3 cm³/mol. The van der Waals surface area contributed by atoms with Gasteiger partial charge in [-0.2, -0.15) is 0 Å². The van der Waals surface area contributed by atoms with Crippen LogP contribution >= 0.6 is 0 Å². The van der Waals surface area contributed by atoms with E-state index in [9.17, 15) is 18.0 Å². The topological polar surface area (TPSA) is 98.8 Å². The number of sulfonamides is 1. The first-order valence-corrected chi connectivity index (χ1v) is 7.67. The zero-order chi connectivity index (χ0) is 13.9. The maximum atomic E-state index is 12.1. The van der Waals surface area contributed by atoms with E-state index in [1.807, 2.05) is 0 Å². The van der Waals surface area contributed by atoms with Crippen LogP contribution in [0.5, 0.6) is 0 Å². The summed E-state index contributed by atoms with van der Waals surface area (Å²) >= 11 is 0. The van der Waals surface area contributed by atoms with Gasteiger partial charge in [-0.25, -0.2) is 13.1 Å². The molecular formula is C11H15NO6S. The van der Waals surface area contributed by atoms with Crippen molar-refractivity contribution in [1.29, 1.82) is 0 Å². The van der Waals surface area contributed by atoms with E-state index in [4.69, 9.17) is 9.47 Å². The normalized spacial score (nSPS) is 45.2. The third-order valence-corrected chi connectivity index (χ3v) is 6.41. The molecule has 6 atom stereocenters. The van der Waals surface area contributed by atoms with E-state index in [0.717, 1.165) is 0 Å². The fourth-order valence-corrected chi connectivity index (χ4v) is 6.23. The lowest BCUT2D eigenvalue weighted by atomic mass is 9.83. The molecule has 106 valence electrons. The Labute approximate surface area is 110 Å². The van der Waals surface area contributed by atoms with Crippen LogP contribution in [-0.2, 0) is 29.1 Å². The molecule has 7 nitrogen and oxygen atoms in total. The van der Waals surface area contributed by atoms with Gasteiger partial charge in [0.05, 0.1) is 24.3 Å². The van der Waals surface area contributed by atoms with Crippen LogP contribution in [0.4, 0.5) is 0 Å². The lowest BCUT2D eigenvalue weighted by Crippen LogP contribution is -2.46. The van der Waals surface area contributed by atoms with E-state index in [2.05, 4.69) is 4.72 Å². The number of hydrogen-bond acceptors (Lipinski definition) is 6. The van der Waals surface area contributed by atoms with Crippen LogP contribution in [0.1, 0.15) is 13.3 Å². The van der Waals surface area contributed by atoms with Crippen LogP contribution < -0.4 is 4.72 Å². The summed E-state index contributed by atoms with van der Waals surface area (Å²) in [6, 6.07) is -0.398. The Balaban J connectivity index is 2.00. The maximum Gasteiger partial charge on any atom is 0.310 e. The molecule has 0 aromatic carbocycles. The smallest absolute Gasteiger partial charge is 0.310 e. The highest BCUT2D eigenvalue weighted by Crippen LogP contribution is 2.56. The van der Waals surface area contributed by atoms with Gasteiger partial charge in [-0.1, -0.05) is 0 Å². The molecule has 3 rings (SSSR count). The van der Waals surface area contributed by atoms with Crippen molar-refractivity contribution in [3.63, 3.8) is 0 Å². The van der Waals surface area contributed by atoms with E-state index >= 15 is 0 Å². The zero-order valence-electron chi connectivity index (χ0n) is 10.5.